The average molecular weight is 465 g/mol. The molecule has 0 unspecified atom stereocenters. The van der Waals surface area contributed by atoms with E-state index in [1.165, 1.54) is 5.56 Å². The second kappa shape index (κ2) is 10.6. The number of nitrogens with zero attached hydrogens (tertiary/aromatic N) is 5. The fourth-order valence-electron chi connectivity index (χ4n) is 4.59. The van der Waals surface area contributed by atoms with Gasteiger partial charge >= 0.3 is 0 Å². The van der Waals surface area contributed by atoms with Crippen molar-refractivity contribution in [3.63, 3.8) is 0 Å². The first kappa shape index (κ1) is 24.3. The molecule has 1 aromatic carbocycles. The molecule has 0 radical (unpaired) electrons. The predicted molar refractivity (Wildman–Crippen MR) is 135 cm³/mol. The first-order valence-electron chi connectivity index (χ1n) is 12.1. The van der Waals surface area contributed by atoms with Gasteiger partial charge in [-0.05, 0) is 51.4 Å². The zero-order valence-corrected chi connectivity index (χ0v) is 20.7. The Labute approximate surface area is 201 Å². The molecule has 1 aliphatic heterocycles. The number of carbonyl (C=O) groups excluding carboxylic acids is 1. The van der Waals surface area contributed by atoms with E-state index in [4.69, 9.17) is 15.5 Å². The number of rotatable bonds is 8. The number of fused-ring (bicyclic) bond motifs is 1. The summed E-state index contributed by atoms with van der Waals surface area (Å²) < 4.78 is 7.39. The van der Waals surface area contributed by atoms with Gasteiger partial charge in [0.25, 0.3) is 5.91 Å². The number of pyridine rings is 1. The molecule has 1 fully saturated rings. The van der Waals surface area contributed by atoms with E-state index in [2.05, 4.69) is 43.0 Å². The molecular weight excluding hydrogens is 428 g/mol. The van der Waals surface area contributed by atoms with Crippen LogP contribution < -0.4 is 5.73 Å². The fraction of sp³-hybridized carbons (Fsp3) is 0.500. The summed E-state index contributed by atoms with van der Waals surface area (Å²) in [6.07, 6.45) is 3.48. The van der Waals surface area contributed by atoms with Crippen LogP contribution in [0.3, 0.4) is 0 Å². The fourth-order valence-corrected chi connectivity index (χ4v) is 4.59. The average Bonchev–Trinajstić information content (AvgIpc) is 3.28. The highest BCUT2D eigenvalue weighted by molar-refractivity contribution is 6.06. The number of hydrogen-bond acceptors (Lipinski definition) is 6. The molecule has 8 heteroatoms. The Bertz CT molecular complexity index is 1140. The van der Waals surface area contributed by atoms with Gasteiger partial charge in [-0.3, -0.25) is 4.79 Å². The highest BCUT2D eigenvalue weighted by Gasteiger charge is 2.26. The monoisotopic (exact) mass is 464 g/mol. The van der Waals surface area contributed by atoms with E-state index in [-0.39, 0.29) is 18.0 Å². The molecule has 0 atom stereocenters. The standard InChI is InChI=1S/C26H36N6O2/c1-18(2)32-25-23(16-28-32)22(26(33)31(4)21-8-12-34-13-9-21)15-24(29-25)20-7-5-6-19(14-20)17-30(3)11-10-27/h5-7,14-16,18,21H,8-13,17,27H2,1-4H3. The summed E-state index contributed by atoms with van der Waals surface area (Å²) in [4.78, 5) is 22.7. The smallest absolute Gasteiger partial charge is 0.254 e. The molecule has 182 valence electrons. The Morgan fingerprint density at radius 1 is 1.24 bits per heavy atom. The molecule has 3 heterocycles. The first-order valence-corrected chi connectivity index (χ1v) is 12.1. The van der Waals surface area contributed by atoms with Crippen molar-refractivity contribution in [2.75, 3.05) is 40.4 Å². The number of hydrogen-bond donors (Lipinski definition) is 1. The molecule has 0 bridgehead atoms. The van der Waals surface area contributed by atoms with E-state index in [0.29, 0.717) is 25.3 Å². The molecule has 0 spiro atoms. The van der Waals surface area contributed by atoms with Crippen LogP contribution >= 0.6 is 0 Å². The first-order chi connectivity index (χ1) is 16.4. The zero-order valence-electron chi connectivity index (χ0n) is 20.7. The third kappa shape index (κ3) is 5.14. The van der Waals surface area contributed by atoms with Crippen molar-refractivity contribution in [2.45, 2.75) is 45.3 Å². The Kier molecular flexibility index (Phi) is 7.60. The number of likely N-dealkylation sites (N-methyl/N-ethyl adjacent to an activating group) is 1. The highest BCUT2D eigenvalue weighted by Crippen LogP contribution is 2.29. The summed E-state index contributed by atoms with van der Waals surface area (Å²) >= 11 is 0. The van der Waals surface area contributed by atoms with Crippen molar-refractivity contribution in [2.24, 2.45) is 5.73 Å². The van der Waals surface area contributed by atoms with E-state index in [0.717, 1.165) is 48.2 Å². The topological polar surface area (TPSA) is 89.5 Å². The Morgan fingerprint density at radius 3 is 2.71 bits per heavy atom. The summed E-state index contributed by atoms with van der Waals surface area (Å²) in [5, 5.41) is 5.36. The van der Waals surface area contributed by atoms with Gasteiger partial charge in [-0.2, -0.15) is 5.10 Å². The number of carbonyl (C=O) groups is 1. The molecule has 2 N–H and O–H groups in total. The summed E-state index contributed by atoms with van der Waals surface area (Å²) in [7, 11) is 3.96. The van der Waals surface area contributed by atoms with Crippen molar-refractivity contribution in [1.29, 1.82) is 0 Å². The summed E-state index contributed by atoms with van der Waals surface area (Å²) in [6, 6.07) is 10.6. The maximum Gasteiger partial charge on any atom is 0.254 e. The molecule has 34 heavy (non-hydrogen) atoms. The van der Waals surface area contributed by atoms with E-state index in [9.17, 15) is 4.79 Å². The SMILES string of the molecule is CC(C)n1ncc2c(C(=O)N(C)C3CCOCC3)cc(-c3cccc(CN(C)CCN)c3)nc21. The molecule has 3 aromatic rings. The number of ether oxygens (including phenoxy) is 1. The van der Waals surface area contributed by atoms with Crippen LogP contribution in [0.15, 0.2) is 36.5 Å². The lowest BCUT2D eigenvalue weighted by Crippen LogP contribution is -2.40. The van der Waals surface area contributed by atoms with Crippen LogP contribution in [0.1, 0.15) is 48.7 Å². The van der Waals surface area contributed by atoms with Crippen molar-refractivity contribution in [3.8, 4) is 11.3 Å². The molecule has 8 nitrogen and oxygen atoms in total. The van der Waals surface area contributed by atoms with Gasteiger partial charge in [0.2, 0.25) is 0 Å². The largest absolute Gasteiger partial charge is 0.381 e. The van der Waals surface area contributed by atoms with Crippen LogP contribution in [0.5, 0.6) is 0 Å². The van der Waals surface area contributed by atoms with Gasteiger partial charge < -0.3 is 20.3 Å². The Balaban J connectivity index is 1.76. The van der Waals surface area contributed by atoms with Gasteiger partial charge in [0.05, 0.1) is 22.8 Å². The van der Waals surface area contributed by atoms with Gasteiger partial charge in [-0.15, -0.1) is 0 Å². The van der Waals surface area contributed by atoms with E-state index >= 15 is 0 Å². The molecular formula is C26H36N6O2. The highest BCUT2D eigenvalue weighted by atomic mass is 16.5. The number of nitrogens with two attached hydrogens (primary N) is 1. The van der Waals surface area contributed by atoms with E-state index in [1.54, 1.807) is 6.20 Å². The quantitative estimate of drug-likeness (QED) is 0.550. The Hall–Kier alpha value is -2.81. The van der Waals surface area contributed by atoms with Gasteiger partial charge in [-0.25, -0.2) is 9.67 Å². The number of aromatic nitrogens is 3. The minimum Gasteiger partial charge on any atom is -0.381 e. The second-order valence-electron chi connectivity index (χ2n) is 9.46. The van der Waals surface area contributed by atoms with Gasteiger partial charge in [0, 0.05) is 57.5 Å². The zero-order chi connectivity index (χ0) is 24.2. The van der Waals surface area contributed by atoms with Crippen LogP contribution in [0.4, 0.5) is 0 Å². The van der Waals surface area contributed by atoms with Gasteiger partial charge in [-0.1, -0.05) is 18.2 Å². The minimum atomic E-state index is 0.00249. The lowest BCUT2D eigenvalue weighted by molar-refractivity contribution is 0.0363. The van der Waals surface area contributed by atoms with Crippen molar-refractivity contribution in [1.82, 2.24) is 24.6 Å². The van der Waals surface area contributed by atoms with E-state index in [1.807, 2.05) is 34.8 Å². The minimum absolute atomic E-state index is 0.00249. The molecule has 1 amide bonds. The molecule has 2 aromatic heterocycles. The van der Waals surface area contributed by atoms with Crippen LogP contribution in [0.25, 0.3) is 22.3 Å². The maximum atomic E-state index is 13.7. The van der Waals surface area contributed by atoms with Gasteiger partial charge in [0.1, 0.15) is 0 Å². The molecule has 0 aliphatic carbocycles. The molecule has 0 saturated carbocycles. The molecule has 4 rings (SSSR count). The molecule has 1 aliphatic rings. The van der Waals surface area contributed by atoms with Crippen molar-refractivity contribution in [3.05, 3.63) is 47.7 Å². The van der Waals surface area contributed by atoms with Crippen LogP contribution in [-0.2, 0) is 11.3 Å². The number of amides is 1. The Morgan fingerprint density at radius 2 is 2.00 bits per heavy atom. The number of benzene rings is 1. The van der Waals surface area contributed by atoms with Crippen LogP contribution in [0, 0.1) is 0 Å². The third-order valence-corrected chi connectivity index (χ3v) is 6.53. The predicted octanol–water partition coefficient (Wildman–Crippen LogP) is 3.32. The normalized spacial score (nSPS) is 14.9. The van der Waals surface area contributed by atoms with E-state index < -0.39 is 0 Å². The van der Waals surface area contributed by atoms with Crippen LogP contribution in [-0.4, -0.2) is 76.9 Å². The summed E-state index contributed by atoms with van der Waals surface area (Å²) in [6.45, 7) is 7.79. The van der Waals surface area contributed by atoms with Crippen molar-refractivity contribution < 1.29 is 9.53 Å². The lowest BCUT2D eigenvalue weighted by atomic mass is 10.0. The van der Waals surface area contributed by atoms with Crippen molar-refractivity contribution >= 4 is 16.9 Å². The lowest BCUT2D eigenvalue weighted by Gasteiger charge is -2.31. The third-order valence-electron chi connectivity index (χ3n) is 6.53. The maximum absolute atomic E-state index is 13.7. The van der Waals surface area contributed by atoms with Gasteiger partial charge in [0.15, 0.2) is 5.65 Å². The van der Waals surface area contributed by atoms with Crippen LogP contribution in [0.2, 0.25) is 0 Å². The molecule has 1 saturated heterocycles. The second-order valence-corrected chi connectivity index (χ2v) is 9.46. The summed E-state index contributed by atoms with van der Waals surface area (Å²) in [5.74, 6) is 0.00249. The summed E-state index contributed by atoms with van der Waals surface area (Å²) in [5.41, 5.74) is 10.0.